The average Bonchev–Trinajstić information content (AvgIpc) is 2.22. The third-order valence-electron chi connectivity index (χ3n) is 1.98. The molecule has 0 aromatic heterocycles. The average molecular weight is 227 g/mol. The van der Waals surface area contributed by atoms with Crippen LogP contribution in [0.15, 0.2) is 24.3 Å². The van der Waals surface area contributed by atoms with E-state index in [9.17, 15) is 4.79 Å². The lowest BCUT2D eigenvalue weighted by molar-refractivity contribution is -0.116. The van der Waals surface area contributed by atoms with Crippen molar-refractivity contribution in [3.8, 4) is 0 Å². The Labute approximate surface area is 94.8 Å². The number of anilines is 1. The van der Waals surface area contributed by atoms with Crippen LogP contribution in [0.3, 0.4) is 0 Å². The smallest absolute Gasteiger partial charge is 0.224 e. The van der Waals surface area contributed by atoms with Crippen molar-refractivity contribution >= 4 is 23.2 Å². The van der Waals surface area contributed by atoms with Gasteiger partial charge in [0.1, 0.15) is 0 Å². The van der Waals surface area contributed by atoms with Gasteiger partial charge in [-0.15, -0.1) is 0 Å². The monoisotopic (exact) mass is 226 g/mol. The predicted octanol–water partition coefficient (Wildman–Crippen LogP) is 2.28. The zero-order chi connectivity index (χ0) is 11.1. The van der Waals surface area contributed by atoms with Crippen LogP contribution in [0.25, 0.3) is 0 Å². The van der Waals surface area contributed by atoms with Crippen LogP contribution >= 0.6 is 11.6 Å². The van der Waals surface area contributed by atoms with Gasteiger partial charge in [0.25, 0.3) is 0 Å². The molecule has 0 unspecified atom stereocenters. The van der Waals surface area contributed by atoms with Gasteiger partial charge in [-0.05, 0) is 32.1 Å². The number of rotatable bonds is 5. The van der Waals surface area contributed by atoms with Gasteiger partial charge in [-0.1, -0.05) is 23.7 Å². The second kappa shape index (κ2) is 6.43. The minimum atomic E-state index is -0.00153. The second-order valence-electron chi connectivity index (χ2n) is 3.24. The van der Waals surface area contributed by atoms with Crippen molar-refractivity contribution in [3.05, 3.63) is 29.3 Å². The first kappa shape index (κ1) is 12.0. The Balaban J connectivity index is 2.41. The highest BCUT2D eigenvalue weighted by atomic mass is 35.5. The molecule has 0 saturated heterocycles. The fourth-order valence-corrected chi connectivity index (χ4v) is 1.38. The lowest BCUT2D eigenvalue weighted by Gasteiger charge is -2.06. The number of amides is 1. The summed E-state index contributed by atoms with van der Waals surface area (Å²) in [6.45, 7) is 0.843. The van der Waals surface area contributed by atoms with Crippen molar-refractivity contribution in [2.75, 3.05) is 18.9 Å². The summed E-state index contributed by atoms with van der Waals surface area (Å²) in [6, 6.07) is 7.22. The molecular formula is C11H15ClN2O. The molecule has 0 saturated carbocycles. The van der Waals surface area contributed by atoms with Gasteiger partial charge in [0.05, 0.1) is 10.7 Å². The van der Waals surface area contributed by atoms with Crippen LogP contribution in [-0.4, -0.2) is 19.5 Å². The molecule has 0 aliphatic heterocycles. The Kier molecular flexibility index (Phi) is 5.15. The maximum absolute atomic E-state index is 11.4. The largest absolute Gasteiger partial charge is 0.325 e. The van der Waals surface area contributed by atoms with Crippen molar-refractivity contribution < 1.29 is 4.79 Å². The van der Waals surface area contributed by atoms with Crippen LogP contribution in [-0.2, 0) is 4.79 Å². The molecule has 1 amide bonds. The highest BCUT2D eigenvalue weighted by Crippen LogP contribution is 2.20. The molecule has 4 heteroatoms. The molecule has 2 N–H and O–H groups in total. The summed E-state index contributed by atoms with van der Waals surface area (Å²) in [5.74, 6) is -0.00153. The van der Waals surface area contributed by atoms with E-state index in [-0.39, 0.29) is 5.91 Å². The topological polar surface area (TPSA) is 41.1 Å². The van der Waals surface area contributed by atoms with Crippen molar-refractivity contribution in [2.24, 2.45) is 0 Å². The van der Waals surface area contributed by atoms with Gasteiger partial charge in [-0.2, -0.15) is 0 Å². The minimum Gasteiger partial charge on any atom is -0.325 e. The molecule has 0 atom stereocenters. The summed E-state index contributed by atoms with van der Waals surface area (Å²) in [4.78, 5) is 11.4. The normalized spacial score (nSPS) is 10.0. The first-order chi connectivity index (χ1) is 7.24. The van der Waals surface area contributed by atoms with E-state index in [1.165, 1.54) is 0 Å². The second-order valence-corrected chi connectivity index (χ2v) is 3.64. The number of benzene rings is 1. The van der Waals surface area contributed by atoms with Gasteiger partial charge in [-0.3, -0.25) is 4.79 Å². The van der Waals surface area contributed by atoms with Crippen molar-refractivity contribution in [1.29, 1.82) is 0 Å². The highest BCUT2D eigenvalue weighted by molar-refractivity contribution is 6.33. The zero-order valence-corrected chi connectivity index (χ0v) is 9.47. The van der Waals surface area contributed by atoms with Crippen LogP contribution < -0.4 is 10.6 Å². The van der Waals surface area contributed by atoms with E-state index in [0.29, 0.717) is 17.1 Å². The van der Waals surface area contributed by atoms with Crippen LogP contribution in [0.4, 0.5) is 5.69 Å². The third-order valence-corrected chi connectivity index (χ3v) is 2.31. The summed E-state index contributed by atoms with van der Waals surface area (Å²) >= 11 is 5.90. The summed E-state index contributed by atoms with van der Waals surface area (Å²) in [7, 11) is 1.87. The Morgan fingerprint density at radius 2 is 2.13 bits per heavy atom. The minimum absolute atomic E-state index is 0.00153. The van der Waals surface area contributed by atoms with Crippen molar-refractivity contribution in [2.45, 2.75) is 12.8 Å². The van der Waals surface area contributed by atoms with E-state index in [4.69, 9.17) is 11.6 Å². The third kappa shape index (κ3) is 4.32. The van der Waals surface area contributed by atoms with Gasteiger partial charge in [0, 0.05) is 6.42 Å². The van der Waals surface area contributed by atoms with E-state index >= 15 is 0 Å². The number of carbonyl (C=O) groups is 1. The summed E-state index contributed by atoms with van der Waals surface area (Å²) < 4.78 is 0. The lowest BCUT2D eigenvalue weighted by atomic mass is 10.2. The van der Waals surface area contributed by atoms with Crippen LogP contribution in [0.2, 0.25) is 5.02 Å². The molecule has 0 spiro atoms. The summed E-state index contributed by atoms with van der Waals surface area (Å²) in [6.07, 6.45) is 1.33. The maximum Gasteiger partial charge on any atom is 0.224 e. The van der Waals surface area contributed by atoms with Gasteiger partial charge in [0.2, 0.25) is 5.91 Å². The molecule has 0 bridgehead atoms. The van der Waals surface area contributed by atoms with E-state index in [1.54, 1.807) is 12.1 Å². The molecule has 1 aromatic carbocycles. The van der Waals surface area contributed by atoms with Crippen LogP contribution in [0, 0.1) is 0 Å². The fourth-order valence-electron chi connectivity index (χ4n) is 1.20. The summed E-state index contributed by atoms with van der Waals surface area (Å²) in [5, 5.41) is 6.33. The molecule has 1 aromatic rings. The number of halogens is 1. The Bertz CT molecular complexity index is 328. The molecule has 0 aliphatic carbocycles. The molecule has 0 fully saturated rings. The first-order valence-electron chi connectivity index (χ1n) is 4.93. The fraction of sp³-hybridized carbons (Fsp3) is 0.364. The first-order valence-corrected chi connectivity index (χ1v) is 5.31. The van der Waals surface area contributed by atoms with E-state index in [1.807, 2.05) is 19.2 Å². The van der Waals surface area contributed by atoms with E-state index in [0.717, 1.165) is 13.0 Å². The van der Waals surface area contributed by atoms with Crippen LogP contribution in [0.5, 0.6) is 0 Å². The zero-order valence-electron chi connectivity index (χ0n) is 8.72. The summed E-state index contributed by atoms with van der Waals surface area (Å²) in [5.41, 5.74) is 0.675. The Morgan fingerprint density at radius 1 is 1.40 bits per heavy atom. The number of carbonyl (C=O) groups excluding carboxylic acids is 1. The Morgan fingerprint density at radius 3 is 2.80 bits per heavy atom. The number of hydrogen-bond donors (Lipinski definition) is 2. The molecule has 15 heavy (non-hydrogen) atoms. The predicted molar refractivity (Wildman–Crippen MR) is 63.2 cm³/mol. The lowest BCUT2D eigenvalue weighted by Crippen LogP contribution is -2.15. The molecule has 0 aliphatic rings. The van der Waals surface area contributed by atoms with E-state index in [2.05, 4.69) is 10.6 Å². The SMILES string of the molecule is CNCCCC(=O)Nc1ccccc1Cl. The standard InChI is InChI=1S/C11H15ClN2O/c1-13-8-4-7-11(15)14-10-6-3-2-5-9(10)12/h2-3,5-6,13H,4,7-8H2,1H3,(H,14,15). The van der Waals surface area contributed by atoms with E-state index < -0.39 is 0 Å². The number of para-hydroxylation sites is 1. The molecular weight excluding hydrogens is 212 g/mol. The van der Waals surface area contributed by atoms with Gasteiger partial charge < -0.3 is 10.6 Å². The molecule has 3 nitrogen and oxygen atoms in total. The van der Waals surface area contributed by atoms with Crippen molar-refractivity contribution in [3.63, 3.8) is 0 Å². The highest BCUT2D eigenvalue weighted by Gasteiger charge is 2.03. The molecule has 0 heterocycles. The quantitative estimate of drug-likeness (QED) is 0.757. The number of nitrogens with one attached hydrogen (secondary N) is 2. The number of hydrogen-bond acceptors (Lipinski definition) is 2. The van der Waals surface area contributed by atoms with Gasteiger partial charge in [0.15, 0.2) is 0 Å². The van der Waals surface area contributed by atoms with Gasteiger partial charge >= 0.3 is 0 Å². The molecule has 0 radical (unpaired) electrons. The van der Waals surface area contributed by atoms with Crippen molar-refractivity contribution in [1.82, 2.24) is 5.32 Å². The Hall–Kier alpha value is -1.06. The molecule has 82 valence electrons. The van der Waals surface area contributed by atoms with Crippen LogP contribution in [0.1, 0.15) is 12.8 Å². The van der Waals surface area contributed by atoms with Gasteiger partial charge in [-0.25, -0.2) is 0 Å². The maximum atomic E-state index is 11.4. The molecule has 1 rings (SSSR count).